The third-order valence-electron chi connectivity index (χ3n) is 8.22. The van der Waals surface area contributed by atoms with Gasteiger partial charge in [-0.15, -0.1) is 0 Å². The number of rotatable bonds is 6. The standard InChI is InChI=1S/C29H38FN3/c1-20-3-6-27(20)25(18-31)16-26-15-24(23-9-13-32-28(17-23)22-4-5-22)10-14-33(26)19-21-7-11-29(2,30)12-8-21/h9-10,13,16-18,21-22H,3-8,11-12,14-15,19,31H2,1-2H3/b25-18+,26-16+. The Kier molecular flexibility index (Phi) is 6.20. The molecule has 2 fully saturated rings. The van der Waals surface area contributed by atoms with Crippen LogP contribution in [0.5, 0.6) is 0 Å². The monoisotopic (exact) mass is 447 g/mol. The Morgan fingerprint density at radius 1 is 1.24 bits per heavy atom. The molecule has 5 rings (SSSR count). The molecule has 4 heteroatoms. The third kappa shape index (κ3) is 5.10. The molecule has 0 amide bonds. The average Bonchev–Trinajstić information content (AvgIpc) is 3.65. The molecule has 0 bridgehead atoms. The Hall–Kier alpha value is -2.36. The zero-order chi connectivity index (χ0) is 23.0. The molecule has 0 saturated heterocycles. The van der Waals surface area contributed by atoms with Gasteiger partial charge in [-0.2, -0.15) is 0 Å². The summed E-state index contributed by atoms with van der Waals surface area (Å²) in [7, 11) is 0. The molecule has 1 aromatic rings. The van der Waals surface area contributed by atoms with Gasteiger partial charge in [-0.05, 0) is 112 Å². The van der Waals surface area contributed by atoms with Gasteiger partial charge in [0.2, 0.25) is 0 Å². The lowest BCUT2D eigenvalue weighted by molar-refractivity contribution is 0.0930. The fraction of sp³-hybridized carbons (Fsp3) is 0.552. The molecule has 1 aromatic heterocycles. The van der Waals surface area contributed by atoms with Crippen molar-refractivity contribution >= 4 is 5.57 Å². The molecule has 0 aromatic carbocycles. The van der Waals surface area contributed by atoms with E-state index in [-0.39, 0.29) is 0 Å². The molecular formula is C29H38FN3. The highest BCUT2D eigenvalue weighted by Gasteiger charge is 2.32. The molecule has 3 aliphatic carbocycles. The Balaban J connectivity index is 1.40. The van der Waals surface area contributed by atoms with Crippen LogP contribution in [0.15, 0.2) is 59.1 Å². The number of hydrogen-bond acceptors (Lipinski definition) is 3. The third-order valence-corrected chi connectivity index (χ3v) is 8.22. The molecule has 33 heavy (non-hydrogen) atoms. The van der Waals surface area contributed by atoms with E-state index in [0.717, 1.165) is 38.8 Å². The van der Waals surface area contributed by atoms with Crippen LogP contribution < -0.4 is 5.73 Å². The topological polar surface area (TPSA) is 42.1 Å². The molecule has 2 N–H and O–H groups in total. The number of halogens is 1. The summed E-state index contributed by atoms with van der Waals surface area (Å²) in [6.07, 6.45) is 17.6. The van der Waals surface area contributed by atoms with Gasteiger partial charge < -0.3 is 10.6 Å². The summed E-state index contributed by atoms with van der Waals surface area (Å²) in [6, 6.07) is 4.46. The number of pyridine rings is 1. The van der Waals surface area contributed by atoms with Gasteiger partial charge in [0, 0.05) is 49.2 Å². The summed E-state index contributed by atoms with van der Waals surface area (Å²) in [4.78, 5) is 7.14. The van der Waals surface area contributed by atoms with Crippen LogP contribution in [-0.2, 0) is 0 Å². The Bertz CT molecular complexity index is 1020. The highest BCUT2D eigenvalue weighted by atomic mass is 19.1. The predicted molar refractivity (Wildman–Crippen MR) is 134 cm³/mol. The van der Waals surface area contributed by atoms with Crippen molar-refractivity contribution in [2.75, 3.05) is 13.1 Å². The molecule has 0 unspecified atom stereocenters. The highest BCUT2D eigenvalue weighted by molar-refractivity contribution is 5.69. The summed E-state index contributed by atoms with van der Waals surface area (Å²) in [6.45, 7) is 5.89. The molecule has 3 nitrogen and oxygen atoms in total. The maximum Gasteiger partial charge on any atom is 0.108 e. The van der Waals surface area contributed by atoms with E-state index in [1.165, 1.54) is 58.5 Å². The van der Waals surface area contributed by atoms with Crippen LogP contribution in [0.4, 0.5) is 4.39 Å². The average molecular weight is 448 g/mol. The quantitative estimate of drug-likeness (QED) is 0.521. The Labute approximate surface area is 198 Å². The summed E-state index contributed by atoms with van der Waals surface area (Å²) in [5.74, 6) is 1.22. The minimum absolute atomic E-state index is 0.560. The lowest BCUT2D eigenvalue weighted by Gasteiger charge is -2.38. The van der Waals surface area contributed by atoms with Crippen LogP contribution in [0, 0.1) is 5.92 Å². The first-order valence-corrected chi connectivity index (χ1v) is 12.8. The summed E-state index contributed by atoms with van der Waals surface area (Å²) >= 11 is 0. The van der Waals surface area contributed by atoms with E-state index in [2.05, 4.69) is 41.1 Å². The van der Waals surface area contributed by atoms with E-state index >= 15 is 0 Å². The largest absolute Gasteiger partial charge is 0.404 e. The van der Waals surface area contributed by atoms with E-state index < -0.39 is 5.67 Å². The number of alkyl halides is 1. The van der Waals surface area contributed by atoms with Crippen molar-refractivity contribution in [1.82, 2.24) is 9.88 Å². The zero-order valence-corrected chi connectivity index (χ0v) is 20.2. The number of aromatic nitrogens is 1. The molecule has 1 aliphatic heterocycles. The van der Waals surface area contributed by atoms with E-state index in [1.807, 2.05) is 6.20 Å². The summed E-state index contributed by atoms with van der Waals surface area (Å²) < 4.78 is 14.4. The second kappa shape index (κ2) is 9.12. The van der Waals surface area contributed by atoms with Crippen molar-refractivity contribution in [2.45, 2.75) is 83.2 Å². The van der Waals surface area contributed by atoms with Gasteiger partial charge in [0.15, 0.2) is 0 Å². The van der Waals surface area contributed by atoms with E-state index in [4.69, 9.17) is 5.73 Å². The number of allylic oxidation sites excluding steroid dienone is 5. The van der Waals surface area contributed by atoms with Gasteiger partial charge in [-0.3, -0.25) is 4.98 Å². The van der Waals surface area contributed by atoms with E-state index in [9.17, 15) is 4.39 Å². The van der Waals surface area contributed by atoms with Crippen molar-refractivity contribution in [3.63, 3.8) is 0 Å². The lowest BCUT2D eigenvalue weighted by atomic mass is 9.80. The van der Waals surface area contributed by atoms with E-state index in [0.29, 0.717) is 24.7 Å². The highest BCUT2D eigenvalue weighted by Crippen LogP contribution is 2.41. The second-order valence-corrected chi connectivity index (χ2v) is 10.9. The first-order valence-electron chi connectivity index (χ1n) is 12.8. The van der Waals surface area contributed by atoms with Crippen molar-refractivity contribution in [3.8, 4) is 0 Å². The normalized spacial score (nSPS) is 29.8. The van der Waals surface area contributed by atoms with Gasteiger partial charge in [-0.1, -0.05) is 11.6 Å². The van der Waals surface area contributed by atoms with E-state index in [1.54, 1.807) is 13.1 Å². The van der Waals surface area contributed by atoms with Gasteiger partial charge in [-0.25, -0.2) is 4.39 Å². The van der Waals surface area contributed by atoms with Gasteiger partial charge in [0.25, 0.3) is 0 Å². The lowest BCUT2D eigenvalue weighted by Crippen LogP contribution is -2.35. The van der Waals surface area contributed by atoms with Gasteiger partial charge >= 0.3 is 0 Å². The number of nitrogens with zero attached hydrogens (tertiary/aromatic N) is 2. The summed E-state index contributed by atoms with van der Waals surface area (Å²) in [5, 5.41) is 0. The fourth-order valence-corrected chi connectivity index (χ4v) is 5.60. The Morgan fingerprint density at radius 3 is 2.67 bits per heavy atom. The molecule has 176 valence electrons. The maximum absolute atomic E-state index is 14.4. The smallest absolute Gasteiger partial charge is 0.108 e. The maximum atomic E-state index is 14.4. The van der Waals surface area contributed by atoms with Gasteiger partial charge in [0.05, 0.1) is 0 Å². The first-order chi connectivity index (χ1) is 15.9. The van der Waals surface area contributed by atoms with Crippen molar-refractivity contribution in [1.29, 1.82) is 0 Å². The SMILES string of the molecule is CC1=C(C(=C/N)/C=C2\CC(c3ccnc(C4CC4)c3)=CCN2CC2CCC(C)(F)CC2)CC1. The minimum Gasteiger partial charge on any atom is -0.404 e. The molecule has 2 saturated carbocycles. The van der Waals surface area contributed by atoms with Crippen LogP contribution in [-0.4, -0.2) is 28.6 Å². The number of nitrogens with two attached hydrogens (primary N) is 1. The van der Waals surface area contributed by atoms with Crippen molar-refractivity contribution in [3.05, 3.63) is 70.4 Å². The molecule has 0 spiro atoms. The first kappa shape index (κ1) is 22.4. The molecule has 2 heterocycles. The fourth-order valence-electron chi connectivity index (χ4n) is 5.60. The molecular weight excluding hydrogens is 409 g/mol. The van der Waals surface area contributed by atoms with Crippen LogP contribution in [0.2, 0.25) is 0 Å². The van der Waals surface area contributed by atoms with Crippen LogP contribution in [0.1, 0.15) is 88.8 Å². The van der Waals surface area contributed by atoms with Crippen molar-refractivity contribution < 1.29 is 4.39 Å². The van der Waals surface area contributed by atoms with Crippen LogP contribution in [0.3, 0.4) is 0 Å². The zero-order valence-electron chi connectivity index (χ0n) is 20.2. The Morgan fingerprint density at radius 2 is 2.03 bits per heavy atom. The second-order valence-electron chi connectivity index (χ2n) is 10.9. The van der Waals surface area contributed by atoms with Gasteiger partial charge in [0.1, 0.15) is 5.67 Å². The molecule has 0 radical (unpaired) electrons. The van der Waals surface area contributed by atoms with Crippen LogP contribution >= 0.6 is 0 Å². The predicted octanol–water partition coefficient (Wildman–Crippen LogP) is 6.80. The minimum atomic E-state index is -0.978. The van der Waals surface area contributed by atoms with Crippen LogP contribution in [0.25, 0.3) is 5.57 Å². The molecule has 0 atom stereocenters. The number of hydrogen-bond donors (Lipinski definition) is 1. The molecule has 4 aliphatic rings. The van der Waals surface area contributed by atoms with Crippen molar-refractivity contribution in [2.24, 2.45) is 11.7 Å². The summed E-state index contributed by atoms with van der Waals surface area (Å²) in [5.41, 5.74) is 14.4.